The Morgan fingerprint density at radius 3 is 2.04 bits per heavy atom. The summed E-state index contributed by atoms with van der Waals surface area (Å²) in [7, 11) is 0. The average molecular weight is 360 g/mol. The monoisotopic (exact) mass is 360 g/mol. The summed E-state index contributed by atoms with van der Waals surface area (Å²) in [5.74, 6) is -4.31. The average Bonchev–Trinajstić information content (AvgIpc) is 3.07. The van der Waals surface area contributed by atoms with Crippen molar-refractivity contribution in [2.45, 2.75) is 5.92 Å². The highest BCUT2D eigenvalue weighted by atomic mass is 16.6. The fourth-order valence-corrected chi connectivity index (χ4v) is 3.46. The van der Waals surface area contributed by atoms with E-state index >= 15 is 0 Å². The van der Waals surface area contributed by atoms with Crippen LogP contribution < -0.4 is 5.56 Å². The van der Waals surface area contributed by atoms with Gasteiger partial charge in [-0.15, -0.1) is 0 Å². The summed E-state index contributed by atoms with van der Waals surface area (Å²) in [5, 5.41) is 0.337. The molecule has 0 atom stereocenters. The first-order valence-electron chi connectivity index (χ1n) is 7.97. The lowest BCUT2D eigenvalue weighted by Crippen LogP contribution is -2.21. The molecule has 27 heavy (non-hydrogen) atoms. The molecule has 0 unspecified atom stereocenters. The number of hydrogen-bond acceptors (Lipinski definition) is 7. The van der Waals surface area contributed by atoms with E-state index in [4.69, 9.17) is 0 Å². The molecule has 2 aromatic carbocycles. The standard InChI is InChI=1S/C19H8N2O6/c22-14-8-5-10-11(19(26)27-18(10)25)6-9(8)15(23)13(14)16-20-12-4-2-1-3-7(12)17(24)21-16/h1-6,13H,(H,20,21,24). The number of nitrogens with one attached hydrogen (secondary N) is 1. The molecule has 130 valence electrons. The Morgan fingerprint density at radius 2 is 1.41 bits per heavy atom. The Kier molecular flexibility index (Phi) is 2.86. The first-order chi connectivity index (χ1) is 13.0. The SMILES string of the molecule is O=C1OC(=O)c2cc3c(cc21)C(=O)C(c1nc2ccccc2c(=O)[nH]1)C3=O. The number of carbonyl (C=O) groups is 4. The van der Waals surface area contributed by atoms with Crippen molar-refractivity contribution in [1.82, 2.24) is 9.97 Å². The van der Waals surface area contributed by atoms with Crippen LogP contribution in [0.15, 0.2) is 41.2 Å². The van der Waals surface area contributed by atoms with Crippen LogP contribution in [-0.4, -0.2) is 33.5 Å². The molecule has 1 aliphatic carbocycles. The molecule has 0 amide bonds. The van der Waals surface area contributed by atoms with Crippen LogP contribution in [0.3, 0.4) is 0 Å². The van der Waals surface area contributed by atoms with E-state index in [2.05, 4.69) is 14.7 Å². The number of hydrogen-bond donors (Lipinski definition) is 1. The molecule has 0 bridgehead atoms. The van der Waals surface area contributed by atoms with E-state index in [1.165, 1.54) is 12.1 Å². The maximum atomic E-state index is 12.8. The summed E-state index contributed by atoms with van der Waals surface area (Å²) in [6.45, 7) is 0. The fourth-order valence-electron chi connectivity index (χ4n) is 3.46. The van der Waals surface area contributed by atoms with Crippen LogP contribution in [0, 0.1) is 0 Å². The van der Waals surface area contributed by atoms with Crippen molar-refractivity contribution >= 4 is 34.4 Å². The molecule has 8 nitrogen and oxygen atoms in total. The minimum absolute atomic E-state index is 0.00575. The van der Waals surface area contributed by atoms with Crippen LogP contribution in [0.1, 0.15) is 53.2 Å². The quantitative estimate of drug-likeness (QED) is 0.514. The van der Waals surface area contributed by atoms with Gasteiger partial charge in [-0.05, 0) is 24.3 Å². The van der Waals surface area contributed by atoms with Gasteiger partial charge in [0.2, 0.25) is 0 Å². The highest BCUT2D eigenvalue weighted by Crippen LogP contribution is 2.36. The molecule has 2 heterocycles. The molecule has 3 aromatic rings. The summed E-state index contributed by atoms with van der Waals surface area (Å²) in [6, 6.07) is 8.94. The molecule has 8 heteroatoms. The maximum Gasteiger partial charge on any atom is 0.346 e. The number of Topliss-reactive ketones (excluding diaryl/α,β-unsaturated/α-hetero) is 2. The van der Waals surface area contributed by atoms with E-state index in [1.807, 2.05) is 0 Å². The van der Waals surface area contributed by atoms with Gasteiger partial charge in [0, 0.05) is 11.1 Å². The second kappa shape index (κ2) is 5.04. The van der Waals surface area contributed by atoms with Gasteiger partial charge in [0.15, 0.2) is 11.6 Å². The summed E-state index contributed by atoms with van der Waals surface area (Å²) in [5.41, 5.74) is -0.207. The first-order valence-corrected chi connectivity index (χ1v) is 7.97. The van der Waals surface area contributed by atoms with E-state index < -0.39 is 35.0 Å². The third kappa shape index (κ3) is 1.97. The molecule has 0 fully saturated rings. The number of aromatic amines is 1. The number of para-hydroxylation sites is 1. The van der Waals surface area contributed by atoms with Crippen LogP contribution in [0.5, 0.6) is 0 Å². The van der Waals surface area contributed by atoms with Gasteiger partial charge in [0.1, 0.15) is 11.7 Å². The number of rotatable bonds is 1. The topological polar surface area (TPSA) is 123 Å². The van der Waals surface area contributed by atoms with Gasteiger partial charge in [0.05, 0.1) is 22.0 Å². The van der Waals surface area contributed by atoms with E-state index in [0.717, 1.165) is 0 Å². The van der Waals surface area contributed by atoms with Crippen LogP contribution in [-0.2, 0) is 4.74 Å². The van der Waals surface area contributed by atoms with Gasteiger partial charge >= 0.3 is 11.9 Å². The molecular weight excluding hydrogens is 352 g/mol. The zero-order valence-electron chi connectivity index (χ0n) is 13.4. The van der Waals surface area contributed by atoms with Gasteiger partial charge in [-0.1, -0.05) is 12.1 Å². The summed E-state index contributed by atoms with van der Waals surface area (Å²) in [6.07, 6.45) is 0. The normalized spacial score (nSPS) is 16.0. The van der Waals surface area contributed by atoms with Crippen molar-refractivity contribution in [2.75, 3.05) is 0 Å². The van der Waals surface area contributed by atoms with Crippen LogP contribution >= 0.6 is 0 Å². The second-order valence-corrected chi connectivity index (χ2v) is 6.25. The number of ketones is 2. The van der Waals surface area contributed by atoms with Crippen LogP contribution in [0.25, 0.3) is 10.9 Å². The molecule has 0 saturated heterocycles. The van der Waals surface area contributed by atoms with E-state index in [1.54, 1.807) is 24.3 Å². The molecule has 1 N–H and O–H groups in total. The van der Waals surface area contributed by atoms with Gasteiger partial charge < -0.3 is 9.72 Å². The number of ether oxygens (including phenoxy) is 1. The summed E-state index contributed by atoms with van der Waals surface area (Å²) in [4.78, 5) is 68.1. The zero-order chi connectivity index (χ0) is 18.9. The Balaban J connectivity index is 1.69. The Hall–Kier alpha value is -3.94. The van der Waals surface area contributed by atoms with Gasteiger partial charge in [-0.2, -0.15) is 0 Å². The summed E-state index contributed by atoms with van der Waals surface area (Å²) >= 11 is 0. The first kappa shape index (κ1) is 15.3. The fraction of sp³-hybridized carbons (Fsp3) is 0.0526. The number of H-pyrrole nitrogens is 1. The lowest BCUT2D eigenvalue weighted by molar-refractivity contribution is 0.0443. The molecule has 1 aromatic heterocycles. The lowest BCUT2D eigenvalue weighted by atomic mass is 10.0. The van der Waals surface area contributed by atoms with Gasteiger partial charge in [-0.3, -0.25) is 14.4 Å². The molecule has 0 saturated carbocycles. The van der Waals surface area contributed by atoms with E-state index in [0.29, 0.717) is 10.9 Å². The Bertz CT molecular complexity index is 1250. The lowest BCUT2D eigenvalue weighted by Gasteiger charge is -2.07. The third-order valence-corrected chi connectivity index (χ3v) is 4.74. The number of fused-ring (bicyclic) bond motifs is 3. The maximum absolute atomic E-state index is 12.8. The van der Waals surface area contributed by atoms with Gasteiger partial charge in [-0.25, -0.2) is 14.6 Å². The van der Waals surface area contributed by atoms with E-state index in [9.17, 15) is 24.0 Å². The smallest absolute Gasteiger partial charge is 0.346 e. The number of benzene rings is 2. The molecule has 0 spiro atoms. The molecule has 0 radical (unpaired) electrons. The minimum Gasteiger partial charge on any atom is -0.386 e. The van der Waals surface area contributed by atoms with Crippen molar-refractivity contribution < 1.29 is 23.9 Å². The summed E-state index contributed by atoms with van der Waals surface area (Å²) < 4.78 is 4.50. The second-order valence-electron chi connectivity index (χ2n) is 6.25. The number of esters is 2. The van der Waals surface area contributed by atoms with Crippen LogP contribution in [0.4, 0.5) is 0 Å². The number of aromatic nitrogens is 2. The third-order valence-electron chi connectivity index (χ3n) is 4.74. The number of cyclic esters (lactones) is 2. The molecular formula is C19H8N2O6. The highest BCUT2D eigenvalue weighted by molar-refractivity contribution is 6.31. The van der Waals surface area contributed by atoms with Crippen molar-refractivity contribution in [1.29, 1.82) is 0 Å². The van der Waals surface area contributed by atoms with Crippen molar-refractivity contribution in [3.63, 3.8) is 0 Å². The predicted octanol–water partition coefficient (Wildman–Crippen LogP) is 1.40. The largest absolute Gasteiger partial charge is 0.386 e. The Labute approximate surface area is 149 Å². The number of carbonyl (C=O) groups excluding carboxylic acids is 4. The molecule has 1 aliphatic heterocycles. The van der Waals surface area contributed by atoms with E-state index in [-0.39, 0.29) is 28.1 Å². The predicted molar refractivity (Wildman–Crippen MR) is 90.0 cm³/mol. The van der Waals surface area contributed by atoms with Crippen LogP contribution in [0.2, 0.25) is 0 Å². The zero-order valence-corrected chi connectivity index (χ0v) is 13.4. The minimum atomic E-state index is -1.33. The highest BCUT2D eigenvalue weighted by Gasteiger charge is 2.44. The molecule has 5 rings (SSSR count). The van der Waals surface area contributed by atoms with Gasteiger partial charge in [0.25, 0.3) is 5.56 Å². The van der Waals surface area contributed by atoms with Crippen molar-refractivity contribution in [2.24, 2.45) is 0 Å². The van der Waals surface area contributed by atoms with Crippen molar-refractivity contribution in [3.05, 3.63) is 74.8 Å². The Morgan fingerprint density at radius 1 is 0.815 bits per heavy atom. The molecule has 2 aliphatic rings. The number of nitrogens with zero attached hydrogens (tertiary/aromatic N) is 1. The van der Waals surface area contributed by atoms with Crippen molar-refractivity contribution in [3.8, 4) is 0 Å².